The fourth-order valence-electron chi connectivity index (χ4n) is 7.19. The number of rotatable bonds is 47. The van der Waals surface area contributed by atoms with E-state index in [0.717, 1.165) is 109 Å². The second kappa shape index (κ2) is 52.2. The molecule has 0 aromatic rings. The summed E-state index contributed by atoms with van der Waals surface area (Å²) in [7, 11) is 0. The van der Waals surface area contributed by atoms with Crippen LogP contribution in [0.15, 0.2) is 85.1 Å². The van der Waals surface area contributed by atoms with Crippen LogP contribution in [-0.4, -0.2) is 37.2 Å². The number of allylic oxidation sites excluding steroid dienone is 14. The lowest BCUT2D eigenvalue weighted by Gasteiger charge is -2.18. The molecule has 366 valence electrons. The normalized spacial score (nSPS) is 12.7. The summed E-state index contributed by atoms with van der Waals surface area (Å²) in [5.41, 5.74) is 0. The fraction of sp³-hybridized carbons (Fsp3) is 0.707. The highest BCUT2D eigenvalue weighted by molar-refractivity contribution is 5.71. The molecular formula is C58H98O6. The predicted octanol–water partition coefficient (Wildman–Crippen LogP) is 17.6. The van der Waals surface area contributed by atoms with Crippen molar-refractivity contribution in [2.24, 2.45) is 0 Å². The Morgan fingerprint density at radius 1 is 0.328 bits per heavy atom. The van der Waals surface area contributed by atoms with Crippen molar-refractivity contribution in [2.45, 2.75) is 252 Å². The van der Waals surface area contributed by atoms with E-state index in [1.54, 1.807) is 0 Å². The zero-order valence-electron chi connectivity index (χ0n) is 41.8. The third-order valence-corrected chi connectivity index (χ3v) is 11.2. The molecule has 0 fully saturated rings. The van der Waals surface area contributed by atoms with Gasteiger partial charge in [-0.2, -0.15) is 0 Å². The molecule has 0 amide bonds. The lowest BCUT2D eigenvalue weighted by molar-refractivity contribution is -0.167. The Morgan fingerprint density at radius 2 is 0.609 bits per heavy atom. The molecule has 0 aliphatic rings. The highest BCUT2D eigenvalue weighted by Crippen LogP contribution is 2.15. The molecule has 0 N–H and O–H groups in total. The van der Waals surface area contributed by atoms with E-state index in [9.17, 15) is 14.4 Å². The Hall–Kier alpha value is -3.41. The minimum atomic E-state index is -0.785. The van der Waals surface area contributed by atoms with Crippen LogP contribution in [0.2, 0.25) is 0 Å². The van der Waals surface area contributed by atoms with Gasteiger partial charge in [-0.15, -0.1) is 0 Å². The first kappa shape index (κ1) is 60.6. The van der Waals surface area contributed by atoms with E-state index in [1.165, 1.54) is 96.3 Å². The van der Waals surface area contributed by atoms with Crippen LogP contribution in [0.1, 0.15) is 245 Å². The molecule has 0 rings (SSSR count). The quantitative estimate of drug-likeness (QED) is 0.0262. The standard InChI is InChI=1S/C58H98O6/c1-4-7-10-13-16-19-21-23-24-25-26-27-28-29-30-31-32-33-34-36-37-39-42-45-48-51-57(60)63-54-55(53-62-56(59)50-47-44-41-18-15-12-9-6-3)64-58(61)52-49-46-43-40-38-35-22-20-17-14-11-8-5-2/h7,10,16,19,23-24,26-27,29-30,32-33,36-37,55H,4-6,8-9,11-15,17-18,20-22,25,28,31,34-35,38-54H2,1-3H3/b10-7-,19-16-,24-23-,27-26-,30-29-,33-32-,37-36-. The molecule has 1 unspecified atom stereocenters. The molecule has 6 heteroatoms. The Bertz CT molecular complexity index is 1250. The van der Waals surface area contributed by atoms with Crippen molar-refractivity contribution in [1.82, 2.24) is 0 Å². The molecule has 0 saturated heterocycles. The third kappa shape index (κ3) is 49.6. The number of carbonyl (C=O) groups excluding carboxylic acids is 3. The van der Waals surface area contributed by atoms with Crippen molar-refractivity contribution in [3.8, 4) is 0 Å². The van der Waals surface area contributed by atoms with Crippen LogP contribution in [0.25, 0.3) is 0 Å². The lowest BCUT2D eigenvalue weighted by atomic mass is 10.0. The molecule has 0 heterocycles. The van der Waals surface area contributed by atoms with Gasteiger partial charge in [-0.25, -0.2) is 0 Å². The van der Waals surface area contributed by atoms with Crippen molar-refractivity contribution in [1.29, 1.82) is 0 Å². The van der Waals surface area contributed by atoms with Gasteiger partial charge in [-0.1, -0.05) is 234 Å². The second-order valence-electron chi connectivity index (χ2n) is 17.4. The Balaban J connectivity index is 4.31. The van der Waals surface area contributed by atoms with Crippen LogP contribution >= 0.6 is 0 Å². The molecule has 1 atom stereocenters. The van der Waals surface area contributed by atoms with Crippen LogP contribution in [0.4, 0.5) is 0 Å². The summed E-state index contributed by atoms with van der Waals surface area (Å²) in [4.78, 5) is 37.8. The molecule has 0 aromatic heterocycles. The average molecular weight is 891 g/mol. The molecule has 0 aliphatic carbocycles. The van der Waals surface area contributed by atoms with Crippen molar-refractivity contribution < 1.29 is 28.6 Å². The van der Waals surface area contributed by atoms with Gasteiger partial charge in [0.15, 0.2) is 6.10 Å². The fourth-order valence-corrected chi connectivity index (χ4v) is 7.19. The van der Waals surface area contributed by atoms with Gasteiger partial charge in [0.05, 0.1) is 0 Å². The van der Waals surface area contributed by atoms with Gasteiger partial charge in [0.1, 0.15) is 13.2 Å². The number of ether oxygens (including phenoxy) is 3. The smallest absolute Gasteiger partial charge is 0.306 e. The third-order valence-electron chi connectivity index (χ3n) is 11.2. The first-order valence-corrected chi connectivity index (χ1v) is 26.6. The predicted molar refractivity (Wildman–Crippen MR) is 274 cm³/mol. The molecule has 64 heavy (non-hydrogen) atoms. The molecule has 0 aliphatic heterocycles. The number of unbranched alkanes of at least 4 members (excludes halogenated alkanes) is 22. The van der Waals surface area contributed by atoms with E-state index >= 15 is 0 Å². The number of esters is 3. The van der Waals surface area contributed by atoms with E-state index in [2.05, 4.69) is 106 Å². The van der Waals surface area contributed by atoms with Gasteiger partial charge in [-0.3, -0.25) is 14.4 Å². The van der Waals surface area contributed by atoms with E-state index in [4.69, 9.17) is 14.2 Å². The Labute approximate surface area is 395 Å². The van der Waals surface area contributed by atoms with Crippen LogP contribution in [-0.2, 0) is 28.6 Å². The van der Waals surface area contributed by atoms with Crippen LogP contribution in [0.5, 0.6) is 0 Å². The van der Waals surface area contributed by atoms with Crippen molar-refractivity contribution in [3.05, 3.63) is 85.1 Å². The monoisotopic (exact) mass is 891 g/mol. The van der Waals surface area contributed by atoms with Crippen molar-refractivity contribution in [3.63, 3.8) is 0 Å². The summed E-state index contributed by atoms with van der Waals surface area (Å²) in [5, 5.41) is 0. The van der Waals surface area contributed by atoms with Gasteiger partial charge < -0.3 is 14.2 Å². The van der Waals surface area contributed by atoms with Crippen molar-refractivity contribution in [2.75, 3.05) is 13.2 Å². The SMILES string of the molecule is CC/C=C\C/C=C\C/C=C\C/C=C\C/C=C\C/C=C\C/C=C\CCCCCC(=O)OCC(COC(=O)CCCCCCCCCC)OC(=O)CCCCCCCCCCCCCCC. The summed E-state index contributed by atoms with van der Waals surface area (Å²) in [5.74, 6) is -0.922. The summed E-state index contributed by atoms with van der Waals surface area (Å²) < 4.78 is 16.7. The highest BCUT2D eigenvalue weighted by atomic mass is 16.6. The summed E-state index contributed by atoms with van der Waals surface area (Å²) in [6.45, 7) is 6.46. The largest absolute Gasteiger partial charge is 0.462 e. The van der Waals surface area contributed by atoms with Crippen molar-refractivity contribution >= 4 is 17.9 Å². The van der Waals surface area contributed by atoms with Crippen LogP contribution < -0.4 is 0 Å². The molecule has 0 aromatic carbocycles. The van der Waals surface area contributed by atoms with E-state index in [0.29, 0.717) is 19.3 Å². The van der Waals surface area contributed by atoms with Gasteiger partial charge in [0.2, 0.25) is 0 Å². The first-order chi connectivity index (χ1) is 31.5. The zero-order chi connectivity index (χ0) is 46.5. The zero-order valence-corrected chi connectivity index (χ0v) is 41.8. The number of carbonyl (C=O) groups is 3. The number of hydrogen-bond acceptors (Lipinski definition) is 6. The summed E-state index contributed by atoms with van der Waals surface area (Å²) in [6.07, 6.45) is 67.2. The van der Waals surface area contributed by atoms with Crippen LogP contribution in [0, 0.1) is 0 Å². The molecule has 0 spiro atoms. The molecule has 0 bridgehead atoms. The first-order valence-electron chi connectivity index (χ1n) is 26.6. The van der Waals surface area contributed by atoms with Gasteiger partial charge >= 0.3 is 17.9 Å². The van der Waals surface area contributed by atoms with E-state index in [1.807, 2.05) is 0 Å². The van der Waals surface area contributed by atoms with E-state index < -0.39 is 6.10 Å². The number of hydrogen-bond donors (Lipinski definition) is 0. The molecule has 0 saturated carbocycles. The molecule has 6 nitrogen and oxygen atoms in total. The maximum absolute atomic E-state index is 12.8. The lowest BCUT2D eigenvalue weighted by Crippen LogP contribution is -2.30. The minimum Gasteiger partial charge on any atom is -0.462 e. The summed E-state index contributed by atoms with van der Waals surface area (Å²) >= 11 is 0. The summed E-state index contributed by atoms with van der Waals surface area (Å²) in [6, 6.07) is 0. The van der Waals surface area contributed by atoms with Gasteiger partial charge in [0, 0.05) is 19.3 Å². The topological polar surface area (TPSA) is 78.9 Å². The van der Waals surface area contributed by atoms with E-state index in [-0.39, 0.29) is 31.1 Å². The Morgan fingerprint density at radius 3 is 0.953 bits per heavy atom. The molecule has 0 radical (unpaired) electrons. The van der Waals surface area contributed by atoms with Gasteiger partial charge in [0.25, 0.3) is 0 Å². The maximum Gasteiger partial charge on any atom is 0.306 e. The second-order valence-corrected chi connectivity index (χ2v) is 17.4. The van der Waals surface area contributed by atoms with Gasteiger partial charge in [-0.05, 0) is 77.0 Å². The maximum atomic E-state index is 12.8. The highest BCUT2D eigenvalue weighted by Gasteiger charge is 2.19. The molecular weight excluding hydrogens is 793 g/mol. The van der Waals surface area contributed by atoms with Crippen LogP contribution in [0.3, 0.4) is 0 Å². The Kier molecular flexibility index (Phi) is 49.4. The minimum absolute atomic E-state index is 0.0849. The average Bonchev–Trinajstić information content (AvgIpc) is 3.29.